The summed E-state index contributed by atoms with van der Waals surface area (Å²) in [5.74, 6) is -0.0215. The van der Waals surface area contributed by atoms with Crippen molar-refractivity contribution in [3.05, 3.63) is 64.2 Å². The van der Waals surface area contributed by atoms with Gasteiger partial charge in [-0.25, -0.2) is 0 Å². The Morgan fingerprint density at radius 1 is 1.00 bits per heavy atom. The minimum Gasteiger partial charge on any atom is -0.321 e. The largest absolute Gasteiger partial charge is 0.321 e. The average Bonchev–Trinajstić information content (AvgIpc) is 2.49. The molecule has 0 saturated heterocycles. The van der Waals surface area contributed by atoms with E-state index in [1.807, 2.05) is 32.0 Å². The van der Waals surface area contributed by atoms with Crippen LogP contribution in [0.3, 0.4) is 0 Å². The molecule has 1 N–H and O–H groups in total. The molecule has 2 rings (SSSR count). The average molecular weight is 281 g/mol. The summed E-state index contributed by atoms with van der Waals surface area (Å²) in [6, 6.07) is 12.2. The summed E-state index contributed by atoms with van der Waals surface area (Å²) >= 11 is 0. The number of hydrogen-bond donors (Lipinski definition) is 1. The van der Waals surface area contributed by atoms with Gasteiger partial charge >= 0.3 is 0 Å². The molecule has 1 amide bonds. The van der Waals surface area contributed by atoms with E-state index in [4.69, 9.17) is 0 Å². The van der Waals surface area contributed by atoms with Gasteiger partial charge in [-0.1, -0.05) is 49.7 Å². The van der Waals surface area contributed by atoms with Gasteiger partial charge in [-0.3, -0.25) is 4.79 Å². The van der Waals surface area contributed by atoms with Crippen molar-refractivity contribution in [2.24, 2.45) is 0 Å². The molecule has 0 bridgehead atoms. The molecule has 21 heavy (non-hydrogen) atoms. The lowest BCUT2D eigenvalue weighted by Crippen LogP contribution is -2.16. The zero-order valence-electron chi connectivity index (χ0n) is 13.3. The molecule has 0 aliphatic carbocycles. The van der Waals surface area contributed by atoms with Gasteiger partial charge in [0.05, 0.1) is 0 Å². The Morgan fingerprint density at radius 2 is 1.62 bits per heavy atom. The smallest absolute Gasteiger partial charge is 0.255 e. The summed E-state index contributed by atoms with van der Waals surface area (Å²) in [6.45, 7) is 8.21. The van der Waals surface area contributed by atoms with E-state index >= 15 is 0 Å². The van der Waals surface area contributed by atoms with Crippen molar-refractivity contribution in [3.63, 3.8) is 0 Å². The molecule has 0 saturated carbocycles. The van der Waals surface area contributed by atoms with Crippen LogP contribution in [0, 0.1) is 13.8 Å². The molecule has 2 aromatic rings. The second-order valence-electron chi connectivity index (χ2n) is 5.43. The first kappa shape index (κ1) is 15.3. The molecule has 110 valence electrons. The summed E-state index contributed by atoms with van der Waals surface area (Å²) in [5.41, 5.74) is 6.22. The standard InChI is InChI=1S/C19H23NO/c1-5-15-8-7-9-16(6-2)18(15)20-19(21)17-12-13(3)10-11-14(17)4/h7-12H,5-6H2,1-4H3,(H,20,21). The van der Waals surface area contributed by atoms with Crippen molar-refractivity contribution in [3.8, 4) is 0 Å². The molecule has 0 fully saturated rings. The highest BCUT2D eigenvalue weighted by molar-refractivity contribution is 6.06. The number of carbonyl (C=O) groups excluding carboxylic acids is 1. The van der Waals surface area contributed by atoms with Gasteiger partial charge in [0.15, 0.2) is 0 Å². The maximum absolute atomic E-state index is 12.6. The molecule has 2 heteroatoms. The Hall–Kier alpha value is -2.09. The van der Waals surface area contributed by atoms with Gasteiger partial charge in [0.2, 0.25) is 0 Å². The van der Waals surface area contributed by atoms with E-state index in [-0.39, 0.29) is 5.91 Å². The van der Waals surface area contributed by atoms with Crippen molar-refractivity contribution in [1.29, 1.82) is 0 Å². The monoisotopic (exact) mass is 281 g/mol. The Morgan fingerprint density at radius 3 is 2.19 bits per heavy atom. The summed E-state index contributed by atoms with van der Waals surface area (Å²) in [7, 11) is 0. The highest BCUT2D eigenvalue weighted by Gasteiger charge is 2.13. The molecule has 0 unspecified atom stereocenters. The second kappa shape index (κ2) is 6.57. The van der Waals surface area contributed by atoms with Crippen LogP contribution in [0.15, 0.2) is 36.4 Å². The zero-order chi connectivity index (χ0) is 15.4. The SMILES string of the molecule is CCc1cccc(CC)c1NC(=O)c1cc(C)ccc1C. The number of amides is 1. The van der Waals surface area contributed by atoms with Crippen LogP contribution < -0.4 is 5.32 Å². The lowest BCUT2D eigenvalue weighted by Gasteiger charge is -2.15. The summed E-state index contributed by atoms with van der Waals surface area (Å²) < 4.78 is 0. The molecule has 0 spiro atoms. The Labute approximate surface area is 127 Å². The van der Waals surface area contributed by atoms with Crippen LogP contribution >= 0.6 is 0 Å². The summed E-state index contributed by atoms with van der Waals surface area (Å²) in [4.78, 5) is 12.6. The van der Waals surface area contributed by atoms with Crippen LogP contribution in [-0.2, 0) is 12.8 Å². The van der Waals surface area contributed by atoms with Gasteiger partial charge < -0.3 is 5.32 Å². The van der Waals surface area contributed by atoms with Gasteiger partial charge in [0.1, 0.15) is 0 Å². The molecular weight excluding hydrogens is 258 g/mol. The van der Waals surface area contributed by atoms with Gasteiger partial charge in [0, 0.05) is 11.3 Å². The van der Waals surface area contributed by atoms with Crippen LogP contribution in [0.4, 0.5) is 5.69 Å². The number of carbonyl (C=O) groups is 1. The maximum Gasteiger partial charge on any atom is 0.255 e. The van der Waals surface area contributed by atoms with E-state index in [9.17, 15) is 4.79 Å². The second-order valence-corrected chi connectivity index (χ2v) is 5.43. The lowest BCUT2D eigenvalue weighted by atomic mass is 10.0. The Kier molecular flexibility index (Phi) is 4.79. The van der Waals surface area contributed by atoms with Crippen molar-refractivity contribution in [1.82, 2.24) is 0 Å². The fourth-order valence-corrected chi connectivity index (χ4v) is 2.56. The summed E-state index contributed by atoms with van der Waals surface area (Å²) in [5, 5.41) is 3.13. The number of rotatable bonds is 4. The van der Waals surface area contributed by atoms with Crippen LogP contribution in [0.1, 0.15) is 46.5 Å². The Bertz CT molecular complexity index is 636. The van der Waals surface area contributed by atoms with Crippen molar-refractivity contribution < 1.29 is 4.79 Å². The first-order chi connectivity index (χ1) is 10.1. The fraction of sp³-hybridized carbons (Fsp3) is 0.316. The normalized spacial score (nSPS) is 10.5. The number of anilines is 1. The number of hydrogen-bond acceptors (Lipinski definition) is 1. The first-order valence-electron chi connectivity index (χ1n) is 7.56. The number of nitrogens with one attached hydrogen (secondary N) is 1. The van der Waals surface area contributed by atoms with E-state index < -0.39 is 0 Å². The molecule has 0 aromatic heterocycles. The highest BCUT2D eigenvalue weighted by atomic mass is 16.1. The third-order valence-corrected chi connectivity index (χ3v) is 3.88. The minimum absolute atomic E-state index is 0.0215. The Balaban J connectivity index is 2.38. The van der Waals surface area contributed by atoms with Gasteiger partial charge in [-0.2, -0.15) is 0 Å². The van der Waals surface area contributed by atoms with Crippen LogP contribution in [0.25, 0.3) is 0 Å². The molecule has 0 heterocycles. The van der Waals surface area contributed by atoms with E-state index in [0.29, 0.717) is 0 Å². The van der Waals surface area contributed by atoms with E-state index in [1.54, 1.807) is 0 Å². The third kappa shape index (κ3) is 3.33. The van der Waals surface area contributed by atoms with E-state index in [1.165, 1.54) is 11.1 Å². The first-order valence-corrected chi connectivity index (χ1v) is 7.56. The van der Waals surface area contributed by atoms with Crippen LogP contribution in [-0.4, -0.2) is 5.91 Å². The summed E-state index contributed by atoms with van der Waals surface area (Å²) in [6.07, 6.45) is 1.83. The molecule has 0 atom stereocenters. The number of benzene rings is 2. The van der Waals surface area contributed by atoms with E-state index in [0.717, 1.165) is 35.2 Å². The molecule has 2 nitrogen and oxygen atoms in total. The fourth-order valence-electron chi connectivity index (χ4n) is 2.56. The lowest BCUT2D eigenvalue weighted by molar-refractivity contribution is 0.102. The van der Waals surface area contributed by atoms with Crippen molar-refractivity contribution >= 4 is 11.6 Å². The van der Waals surface area contributed by atoms with Crippen LogP contribution in [0.5, 0.6) is 0 Å². The maximum atomic E-state index is 12.6. The van der Waals surface area contributed by atoms with Crippen molar-refractivity contribution in [2.45, 2.75) is 40.5 Å². The quantitative estimate of drug-likeness (QED) is 0.866. The molecule has 0 aliphatic heterocycles. The minimum atomic E-state index is -0.0215. The van der Waals surface area contributed by atoms with Crippen molar-refractivity contribution in [2.75, 3.05) is 5.32 Å². The van der Waals surface area contributed by atoms with Gasteiger partial charge in [-0.05, 0) is 49.4 Å². The zero-order valence-corrected chi connectivity index (χ0v) is 13.3. The van der Waals surface area contributed by atoms with Gasteiger partial charge in [0.25, 0.3) is 5.91 Å². The topological polar surface area (TPSA) is 29.1 Å². The number of aryl methyl sites for hydroxylation is 4. The third-order valence-electron chi connectivity index (χ3n) is 3.88. The van der Waals surface area contributed by atoms with Crippen LogP contribution in [0.2, 0.25) is 0 Å². The highest BCUT2D eigenvalue weighted by Crippen LogP contribution is 2.24. The molecule has 0 radical (unpaired) electrons. The predicted octanol–water partition coefficient (Wildman–Crippen LogP) is 4.68. The molecular formula is C19H23NO. The van der Waals surface area contributed by atoms with Gasteiger partial charge in [-0.15, -0.1) is 0 Å². The molecule has 2 aromatic carbocycles. The number of para-hydroxylation sites is 1. The molecule has 0 aliphatic rings. The predicted molar refractivity (Wildman–Crippen MR) is 89.1 cm³/mol. The van der Waals surface area contributed by atoms with E-state index in [2.05, 4.69) is 37.4 Å².